The van der Waals surface area contributed by atoms with Crippen molar-refractivity contribution in [2.24, 2.45) is 0 Å². The van der Waals surface area contributed by atoms with E-state index in [1.165, 1.54) is 16.2 Å². The number of benzene rings is 3. The Balaban J connectivity index is 1.73. The van der Waals surface area contributed by atoms with E-state index in [4.69, 9.17) is 21.3 Å². The highest BCUT2D eigenvalue weighted by atomic mass is 35.5. The van der Waals surface area contributed by atoms with E-state index in [-0.39, 0.29) is 11.3 Å². The Morgan fingerprint density at radius 2 is 1.74 bits per heavy atom. The highest BCUT2D eigenvalue weighted by Crippen LogP contribution is 2.45. The van der Waals surface area contributed by atoms with Crippen molar-refractivity contribution < 1.29 is 19.4 Å². The molecule has 1 fully saturated rings. The first-order valence-corrected chi connectivity index (χ1v) is 12.1. The molecule has 0 spiro atoms. The number of carbonyl (C=O) groups excluding carboxylic acids is 2. The highest BCUT2D eigenvalue weighted by Gasteiger charge is 2.48. The number of thiazole rings is 1. The van der Waals surface area contributed by atoms with Gasteiger partial charge in [0.05, 0.1) is 28.9 Å². The van der Waals surface area contributed by atoms with Crippen LogP contribution in [0.3, 0.4) is 0 Å². The van der Waals surface area contributed by atoms with Crippen LogP contribution in [0.4, 0.5) is 5.13 Å². The van der Waals surface area contributed by atoms with Gasteiger partial charge in [0.25, 0.3) is 5.78 Å². The highest BCUT2D eigenvalue weighted by molar-refractivity contribution is 7.22. The fourth-order valence-corrected chi connectivity index (χ4v) is 5.65. The second-order valence-electron chi connectivity index (χ2n) is 8.37. The van der Waals surface area contributed by atoms with E-state index in [9.17, 15) is 14.7 Å². The fraction of sp³-hybridized carbons (Fsp3) is 0.148. The van der Waals surface area contributed by atoms with Crippen molar-refractivity contribution in [1.82, 2.24) is 4.98 Å². The van der Waals surface area contributed by atoms with E-state index in [0.29, 0.717) is 27.0 Å². The molecule has 1 N–H and O–H groups in total. The number of ether oxygens (including phenoxy) is 1. The molecule has 1 atom stereocenters. The number of anilines is 1. The maximum absolute atomic E-state index is 13.4. The van der Waals surface area contributed by atoms with Crippen molar-refractivity contribution in [2.45, 2.75) is 19.9 Å². The SMILES string of the molecule is COc1ccc(C2C(=C(O)c3ccc(Cl)cc3)C(=O)C(=O)N2c2nc3c(C)cc(C)cc3s2)cc1. The van der Waals surface area contributed by atoms with E-state index < -0.39 is 17.7 Å². The van der Waals surface area contributed by atoms with Gasteiger partial charge >= 0.3 is 5.91 Å². The van der Waals surface area contributed by atoms with Crippen molar-refractivity contribution in [3.63, 3.8) is 0 Å². The van der Waals surface area contributed by atoms with Gasteiger partial charge in [0.2, 0.25) is 0 Å². The third kappa shape index (κ3) is 3.96. The van der Waals surface area contributed by atoms with Gasteiger partial charge in [-0.2, -0.15) is 0 Å². The van der Waals surface area contributed by atoms with Crippen LogP contribution in [0.25, 0.3) is 16.0 Å². The topological polar surface area (TPSA) is 79.7 Å². The van der Waals surface area contributed by atoms with Crippen LogP contribution in [-0.2, 0) is 9.59 Å². The summed E-state index contributed by atoms with van der Waals surface area (Å²) in [6, 6.07) is 16.7. The molecular weight excluding hydrogens is 484 g/mol. The molecule has 1 aliphatic heterocycles. The maximum atomic E-state index is 13.4. The number of amides is 1. The van der Waals surface area contributed by atoms with Gasteiger partial charge in [-0.1, -0.05) is 41.1 Å². The van der Waals surface area contributed by atoms with Crippen LogP contribution in [0.1, 0.15) is 28.3 Å². The summed E-state index contributed by atoms with van der Waals surface area (Å²) >= 11 is 7.34. The van der Waals surface area contributed by atoms with E-state index in [2.05, 4.69) is 0 Å². The minimum atomic E-state index is -0.862. The minimum Gasteiger partial charge on any atom is -0.507 e. The van der Waals surface area contributed by atoms with Gasteiger partial charge in [-0.25, -0.2) is 4.98 Å². The second kappa shape index (κ2) is 8.83. The zero-order chi connectivity index (χ0) is 24.9. The number of methoxy groups -OCH3 is 1. The number of aryl methyl sites for hydroxylation is 2. The van der Waals surface area contributed by atoms with E-state index >= 15 is 0 Å². The molecule has 35 heavy (non-hydrogen) atoms. The molecule has 0 bridgehead atoms. The number of rotatable bonds is 4. The predicted octanol–water partition coefficient (Wildman–Crippen LogP) is 6.20. The summed E-state index contributed by atoms with van der Waals surface area (Å²) in [4.78, 5) is 32.8. The number of aromatic nitrogens is 1. The molecule has 6 nitrogen and oxygen atoms in total. The third-order valence-electron chi connectivity index (χ3n) is 6.02. The van der Waals surface area contributed by atoms with Crippen LogP contribution in [0, 0.1) is 13.8 Å². The molecule has 8 heteroatoms. The molecule has 0 saturated carbocycles. The zero-order valence-corrected chi connectivity index (χ0v) is 20.8. The summed E-state index contributed by atoms with van der Waals surface area (Å²) in [7, 11) is 1.56. The summed E-state index contributed by atoms with van der Waals surface area (Å²) in [5.41, 5.74) is 3.88. The first-order valence-electron chi connectivity index (χ1n) is 10.9. The van der Waals surface area contributed by atoms with Gasteiger partial charge in [-0.15, -0.1) is 0 Å². The first-order chi connectivity index (χ1) is 16.8. The number of hydrogen-bond donors (Lipinski definition) is 1. The number of carbonyl (C=O) groups is 2. The van der Waals surface area contributed by atoms with Gasteiger partial charge in [-0.05, 0) is 73.0 Å². The molecule has 1 saturated heterocycles. The van der Waals surface area contributed by atoms with Crippen molar-refractivity contribution >= 4 is 55.7 Å². The van der Waals surface area contributed by atoms with Crippen molar-refractivity contribution in [3.8, 4) is 5.75 Å². The van der Waals surface area contributed by atoms with Gasteiger partial charge in [0.1, 0.15) is 11.5 Å². The molecule has 3 aromatic carbocycles. The number of aliphatic hydroxyl groups is 1. The molecule has 1 amide bonds. The molecule has 2 heterocycles. The molecule has 0 aliphatic carbocycles. The predicted molar refractivity (Wildman–Crippen MR) is 138 cm³/mol. The van der Waals surface area contributed by atoms with E-state index in [1.54, 1.807) is 55.6 Å². The van der Waals surface area contributed by atoms with Gasteiger partial charge < -0.3 is 9.84 Å². The Kier molecular flexibility index (Phi) is 5.83. The number of Topliss-reactive ketones (excluding diaryl/α,β-unsaturated/α-hetero) is 1. The molecule has 4 aromatic rings. The van der Waals surface area contributed by atoms with Crippen LogP contribution < -0.4 is 9.64 Å². The number of fused-ring (bicyclic) bond motifs is 1. The molecule has 0 radical (unpaired) electrons. The lowest BCUT2D eigenvalue weighted by Crippen LogP contribution is -2.29. The largest absolute Gasteiger partial charge is 0.507 e. The molecule has 1 unspecified atom stereocenters. The molecule has 5 rings (SSSR count). The van der Waals surface area contributed by atoms with Crippen LogP contribution in [0.5, 0.6) is 5.75 Å². The monoisotopic (exact) mass is 504 g/mol. The Hall–Kier alpha value is -3.68. The fourth-order valence-electron chi connectivity index (χ4n) is 4.36. The minimum absolute atomic E-state index is 0.00496. The number of aliphatic hydroxyl groups excluding tert-OH is 1. The van der Waals surface area contributed by atoms with E-state index in [1.807, 2.05) is 26.0 Å². The summed E-state index contributed by atoms with van der Waals surface area (Å²) in [5.74, 6) is -1.15. The number of halogens is 1. The number of nitrogens with zero attached hydrogens (tertiary/aromatic N) is 2. The Labute approximate surface area is 211 Å². The average Bonchev–Trinajstić information content (AvgIpc) is 3.38. The van der Waals surface area contributed by atoms with Crippen LogP contribution in [0.2, 0.25) is 5.02 Å². The molecule has 1 aliphatic rings. The first kappa shape index (κ1) is 23.1. The van der Waals surface area contributed by atoms with Crippen LogP contribution >= 0.6 is 22.9 Å². The smallest absolute Gasteiger partial charge is 0.301 e. The molecule has 176 valence electrons. The van der Waals surface area contributed by atoms with Crippen LogP contribution in [-0.4, -0.2) is 28.9 Å². The van der Waals surface area contributed by atoms with Gasteiger partial charge in [0.15, 0.2) is 5.13 Å². The van der Waals surface area contributed by atoms with Gasteiger partial charge in [-0.3, -0.25) is 14.5 Å². The lowest BCUT2D eigenvalue weighted by molar-refractivity contribution is -0.132. The normalized spacial score (nSPS) is 17.4. The van der Waals surface area contributed by atoms with Crippen LogP contribution in [0.15, 0.2) is 66.2 Å². The van der Waals surface area contributed by atoms with E-state index in [0.717, 1.165) is 21.3 Å². The summed E-state index contributed by atoms with van der Waals surface area (Å²) in [5, 5.41) is 12.1. The van der Waals surface area contributed by atoms with Crippen molar-refractivity contribution in [2.75, 3.05) is 12.0 Å². The van der Waals surface area contributed by atoms with Crippen molar-refractivity contribution in [1.29, 1.82) is 0 Å². The van der Waals surface area contributed by atoms with Gasteiger partial charge in [0, 0.05) is 10.6 Å². The number of ketones is 1. The standard InChI is InChI=1S/C27H21ClN2O4S/c1-14-12-15(2)22-20(13-14)35-27(29-22)30-23(16-6-10-19(34-3)11-7-16)21(25(32)26(30)33)24(31)17-4-8-18(28)9-5-17/h4-13,23,31H,1-3H3. The quantitative estimate of drug-likeness (QED) is 0.203. The lowest BCUT2D eigenvalue weighted by atomic mass is 9.95. The Bertz CT molecular complexity index is 1510. The Morgan fingerprint density at radius 3 is 2.40 bits per heavy atom. The lowest BCUT2D eigenvalue weighted by Gasteiger charge is -2.23. The zero-order valence-electron chi connectivity index (χ0n) is 19.2. The maximum Gasteiger partial charge on any atom is 0.301 e. The summed E-state index contributed by atoms with van der Waals surface area (Å²) < 4.78 is 6.19. The Morgan fingerprint density at radius 1 is 1.06 bits per heavy atom. The van der Waals surface area contributed by atoms with Crippen molar-refractivity contribution in [3.05, 3.63) is 93.5 Å². The molecular formula is C27H21ClN2O4S. The summed E-state index contributed by atoms with van der Waals surface area (Å²) in [6.45, 7) is 3.97. The number of hydrogen-bond acceptors (Lipinski definition) is 6. The average molecular weight is 505 g/mol. The second-order valence-corrected chi connectivity index (χ2v) is 9.82. The summed E-state index contributed by atoms with van der Waals surface area (Å²) in [6.07, 6.45) is 0. The third-order valence-corrected chi connectivity index (χ3v) is 7.27. The molecule has 1 aromatic heterocycles.